The Morgan fingerprint density at radius 3 is 1.29 bits per heavy atom. The Labute approximate surface area is 408 Å². The third kappa shape index (κ3) is 47.3. The van der Waals surface area contributed by atoms with Gasteiger partial charge in [0, 0.05) is 12.8 Å². The molecule has 9 nitrogen and oxygen atoms in total. The molecule has 0 aromatic heterocycles. The fraction of sp³-hybridized carbons (Fsp3) is 0.857. The van der Waals surface area contributed by atoms with Crippen LogP contribution >= 0.6 is 7.82 Å². The molecule has 3 atom stereocenters. The molecule has 0 aliphatic heterocycles. The van der Waals surface area contributed by atoms with Gasteiger partial charge in [0.25, 0.3) is 0 Å². The number of ether oxygens (including phenoxy) is 1. The van der Waals surface area contributed by atoms with Crippen LogP contribution in [0.4, 0.5) is 0 Å². The van der Waals surface area contributed by atoms with Gasteiger partial charge in [0.15, 0.2) is 0 Å². The minimum absolute atomic E-state index is 0.0365. The van der Waals surface area contributed by atoms with Crippen LogP contribution < -0.4 is 5.32 Å². The van der Waals surface area contributed by atoms with E-state index in [1.165, 1.54) is 141 Å². The number of carbonyl (C=O) groups excluding carboxylic acids is 2. The predicted octanol–water partition coefficient (Wildman–Crippen LogP) is 16.4. The zero-order valence-electron chi connectivity index (χ0n) is 44.2. The van der Waals surface area contributed by atoms with Crippen LogP contribution in [-0.2, 0) is 27.9 Å². The lowest BCUT2D eigenvalue weighted by Crippen LogP contribution is -2.47. The fourth-order valence-electron chi connectivity index (χ4n) is 7.93. The van der Waals surface area contributed by atoms with Gasteiger partial charge in [0.05, 0.1) is 33.8 Å². The van der Waals surface area contributed by atoms with Crippen LogP contribution in [0.3, 0.4) is 0 Å². The Balaban J connectivity index is 5.43. The second-order valence-electron chi connectivity index (χ2n) is 20.1. The van der Waals surface area contributed by atoms with E-state index in [1.54, 1.807) is 0 Å². The van der Waals surface area contributed by atoms with Gasteiger partial charge >= 0.3 is 13.8 Å². The van der Waals surface area contributed by atoms with Crippen molar-refractivity contribution in [3.8, 4) is 0 Å². The van der Waals surface area contributed by atoms with E-state index in [9.17, 15) is 19.0 Å². The average Bonchev–Trinajstić information content (AvgIpc) is 3.27. The van der Waals surface area contributed by atoms with Crippen LogP contribution in [-0.4, -0.2) is 74.3 Å². The topological polar surface area (TPSA) is 111 Å². The van der Waals surface area contributed by atoms with Gasteiger partial charge in [-0.2, -0.15) is 0 Å². The molecule has 0 aromatic carbocycles. The lowest BCUT2D eigenvalue weighted by molar-refractivity contribution is -0.870. The maximum absolute atomic E-state index is 13.4. The number of rotatable bonds is 50. The lowest BCUT2D eigenvalue weighted by Gasteiger charge is -2.27. The number of phosphoric ester groups is 1. The van der Waals surface area contributed by atoms with Crippen molar-refractivity contribution in [2.24, 2.45) is 0 Å². The monoisotopic (exact) mass is 952 g/mol. The molecule has 0 aliphatic rings. The number of hydrogen-bond acceptors (Lipinski definition) is 6. The molecule has 3 unspecified atom stereocenters. The third-order valence-electron chi connectivity index (χ3n) is 12.3. The highest BCUT2D eigenvalue weighted by atomic mass is 31.2. The van der Waals surface area contributed by atoms with E-state index in [0.29, 0.717) is 23.9 Å². The molecule has 2 N–H and O–H groups in total. The number of carbonyl (C=O) groups is 2. The normalized spacial score (nSPS) is 14.1. The van der Waals surface area contributed by atoms with Crippen LogP contribution in [0, 0.1) is 0 Å². The van der Waals surface area contributed by atoms with E-state index in [0.717, 1.165) is 77.0 Å². The fourth-order valence-corrected chi connectivity index (χ4v) is 8.66. The number of likely N-dealkylation sites (N-methyl/N-ethyl adjacent to an activating group) is 1. The molecule has 66 heavy (non-hydrogen) atoms. The molecule has 1 amide bonds. The van der Waals surface area contributed by atoms with Crippen LogP contribution in [0.15, 0.2) is 36.5 Å². The molecule has 0 radical (unpaired) electrons. The smallest absolute Gasteiger partial charge is 0.456 e. The summed E-state index contributed by atoms with van der Waals surface area (Å²) >= 11 is 0. The van der Waals surface area contributed by atoms with Gasteiger partial charge in [-0.05, 0) is 83.1 Å². The molecule has 388 valence electrons. The summed E-state index contributed by atoms with van der Waals surface area (Å²) in [4.78, 5) is 37.5. The van der Waals surface area contributed by atoms with E-state index >= 15 is 0 Å². The zero-order chi connectivity index (χ0) is 48.7. The summed E-state index contributed by atoms with van der Waals surface area (Å²) in [6.07, 6.45) is 54.2. The first-order chi connectivity index (χ1) is 31.9. The number of hydrogen-bond donors (Lipinski definition) is 2. The second kappa shape index (κ2) is 46.9. The number of amides is 1. The molecule has 0 fully saturated rings. The number of nitrogens with zero attached hydrogens (tertiary/aromatic N) is 1. The Kier molecular flexibility index (Phi) is 45.7. The molecule has 0 aromatic rings. The number of allylic oxidation sites excluding steroid dienone is 5. The maximum Gasteiger partial charge on any atom is 0.472 e. The molecule has 0 spiro atoms. The first kappa shape index (κ1) is 64.2. The molecule has 0 bridgehead atoms. The van der Waals surface area contributed by atoms with Gasteiger partial charge in [-0.1, -0.05) is 199 Å². The summed E-state index contributed by atoms with van der Waals surface area (Å²) in [5, 5.41) is 3.03. The first-order valence-electron chi connectivity index (χ1n) is 27.8. The number of esters is 1. The highest BCUT2D eigenvalue weighted by molar-refractivity contribution is 7.47. The number of unbranched alkanes of at least 4 members (excludes halogenated alkanes) is 30. The summed E-state index contributed by atoms with van der Waals surface area (Å²) in [6, 6.07) is -0.857. The van der Waals surface area contributed by atoms with E-state index in [1.807, 2.05) is 33.3 Å². The van der Waals surface area contributed by atoms with Crippen molar-refractivity contribution in [2.45, 2.75) is 270 Å². The van der Waals surface area contributed by atoms with E-state index in [2.05, 4.69) is 50.4 Å². The van der Waals surface area contributed by atoms with E-state index in [4.69, 9.17) is 13.8 Å². The van der Waals surface area contributed by atoms with Crippen molar-refractivity contribution < 1.29 is 37.3 Å². The minimum Gasteiger partial charge on any atom is -0.456 e. The van der Waals surface area contributed by atoms with Crippen LogP contribution in [0.5, 0.6) is 0 Å². The quantitative estimate of drug-likeness (QED) is 0.0205. The van der Waals surface area contributed by atoms with Gasteiger partial charge in [0.1, 0.15) is 19.3 Å². The lowest BCUT2D eigenvalue weighted by atomic mass is 10.1. The first-order valence-corrected chi connectivity index (χ1v) is 29.3. The van der Waals surface area contributed by atoms with Crippen LogP contribution in [0.25, 0.3) is 0 Å². The Hall–Kier alpha value is -1.77. The summed E-state index contributed by atoms with van der Waals surface area (Å²) in [5.74, 6) is -0.537. The van der Waals surface area contributed by atoms with E-state index in [-0.39, 0.29) is 31.5 Å². The predicted molar refractivity (Wildman–Crippen MR) is 282 cm³/mol. The number of phosphoric acid groups is 1. The molecule has 0 rings (SSSR count). The van der Waals surface area contributed by atoms with Gasteiger partial charge in [-0.3, -0.25) is 18.6 Å². The molecule has 10 heteroatoms. The highest BCUT2D eigenvalue weighted by Crippen LogP contribution is 2.43. The van der Waals surface area contributed by atoms with Gasteiger partial charge in [0.2, 0.25) is 5.91 Å². The van der Waals surface area contributed by atoms with E-state index < -0.39 is 20.0 Å². The summed E-state index contributed by atoms with van der Waals surface area (Å²) < 4.78 is 30.5. The van der Waals surface area contributed by atoms with Gasteiger partial charge < -0.3 is 19.4 Å². The standard InChI is InChI=1S/C56H107N2O7P/c1-7-10-13-16-19-22-25-28-30-33-36-39-42-45-48-55(59)57-53(52-64-66(61,62)63-51-50-58(4,5)6)54(47-44-41-38-35-32-27-24-21-18-15-12-9-3)65-56(60)49-46-43-40-37-34-31-29-26-23-20-17-14-11-8-2/h30-31,33-34,44,47,53-54H,7-29,32,35-43,45-46,48-52H2,1-6H3,(H-,57,59,61,62)/p+1/b33-30-,34-31-,47-44+. The SMILES string of the molecule is CCCCCCCCC/C=C\CCCCCC(=O)NC(COP(=O)(O)OCC[N+](C)(C)C)C(/C=C/CCCCCCCCCCCC)OC(=O)CCCCC/C=C\CCCCCCCCC. The summed E-state index contributed by atoms with van der Waals surface area (Å²) in [7, 11) is 1.48. The molecular weight excluding hydrogens is 844 g/mol. The highest BCUT2D eigenvalue weighted by Gasteiger charge is 2.30. The molecule has 0 saturated carbocycles. The maximum atomic E-state index is 13.4. The molecule has 0 heterocycles. The molecule has 0 aliphatic carbocycles. The van der Waals surface area contributed by atoms with Gasteiger partial charge in [-0.25, -0.2) is 4.57 Å². The van der Waals surface area contributed by atoms with Crippen molar-refractivity contribution in [2.75, 3.05) is 40.9 Å². The molecule has 0 saturated heterocycles. The average molecular weight is 952 g/mol. The second-order valence-corrected chi connectivity index (χ2v) is 21.6. The van der Waals surface area contributed by atoms with Gasteiger partial charge in [-0.15, -0.1) is 0 Å². The summed E-state index contributed by atoms with van der Waals surface area (Å²) in [5.41, 5.74) is 0. The third-order valence-corrected chi connectivity index (χ3v) is 13.3. The Bertz CT molecular complexity index is 1230. The van der Waals surface area contributed by atoms with Crippen molar-refractivity contribution in [3.05, 3.63) is 36.5 Å². The van der Waals surface area contributed by atoms with Crippen molar-refractivity contribution in [3.63, 3.8) is 0 Å². The number of nitrogens with one attached hydrogen (secondary N) is 1. The van der Waals surface area contributed by atoms with Crippen LogP contribution in [0.1, 0.15) is 258 Å². The summed E-state index contributed by atoms with van der Waals surface area (Å²) in [6.45, 7) is 6.98. The zero-order valence-corrected chi connectivity index (χ0v) is 45.1. The largest absolute Gasteiger partial charge is 0.472 e. The van der Waals surface area contributed by atoms with Crippen molar-refractivity contribution in [1.29, 1.82) is 0 Å². The van der Waals surface area contributed by atoms with Crippen LogP contribution in [0.2, 0.25) is 0 Å². The molecular formula is C56H108N2O7P+. The minimum atomic E-state index is -4.44. The van der Waals surface area contributed by atoms with Crippen molar-refractivity contribution in [1.82, 2.24) is 5.32 Å². The number of quaternary nitrogens is 1. The Morgan fingerprint density at radius 2 is 0.879 bits per heavy atom. The van der Waals surface area contributed by atoms with Crippen molar-refractivity contribution >= 4 is 19.7 Å². The Morgan fingerprint density at radius 1 is 0.515 bits per heavy atom.